The maximum atomic E-state index is 13.2. The van der Waals surface area contributed by atoms with Crippen LogP contribution >= 0.6 is 0 Å². The van der Waals surface area contributed by atoms with Crippen LogP contribution in [0.4, 0.5) is 4.39 Å². The van der Waals surface area contributed by atoms with Gasteiger partial charge in [0.15, 0.2) is 12.5 Å². The third-order valence-corrected chi connectivity index (χ3v) is 2.13. The Kier molecular flexibility index (Phi) is 4.21. The van der Waals surface area contributed by atoms with Crippen molar-refractivity contribution in [3.05, 3.63) is 0 Å². The van der Waals surface area contributed by atoms with Gasteiger partial charge in [-0.1, -0.05) is 0 Å². The number of hydrogen-bond donors (Lipinski definition) is 3. The van der Waals surface area contributed by atoms with Crippen molar-refractivity contribution in [1.82, 2.24) is 0 Å². The Labute approximate surface area is 81.1 Å². The average Bonchev–Trinajstić information content (AvgIpc) is 2.19. The molecule has 0 saturated carbocycles. The second-order valence-electron chi connectivity index (χ2n) is 3.11. The monoisotopic (exact) mass is 209 g/mol. The molecule has 5 atom stereocenters. The van der Waals surface area contributed by atoms with Gasteiger partial charge in [0.05, 0.1) is 6.61 Å². The third kappa shape index (κ3) is 2.21. The number of hydrogen-bond acceptors (Lipinski definition) is 5. The minimum Gasteiger partial charge on any atom is -0.394 e. The number of ether oxygens (including phenoxy) is 2. The molecule has 84 valence electrons. The minimum atomic E-state index is -1.86. The summed E-state index contributed by atoms with van der Waals surface area (Å²) < 4.78 is 23.1. The van der Waals surface area contributed by atoms with Crippen LogP contribution < -0.4 is 0 Å². The van der Waals surface area contributed by atoms with Gasteiger partial charge in [0.25, 0.3) is 0 Å². The molecule has 0 aromatic rings. The van der Waals surface area contributed by atoms with Crippen LogP contribution in [0.5, 0.6) is 0 Å². The van der Waals surface area contributed by atoms with E-state index < -0.39 is 37.4 Å². The van der Waals surface area contributed by atoms with Gasteiger partial charge in [0.1, 0.15) is 18.3 Å². The Balaban J connectivity index is 2.63. The lowest BCUT2D eigenvalue weighted by atomic mass is 10.0. The summed E-state index contributed by atoms with van der Waals surface area (Å²) in [7, 11) is 0. The van der Waals surface area contributed by atoms with E-state index in [-0.39, 0.29) is 6.61 Å². The van der Waals surface area contributed by atoms with Crippen molar-refractivity contribution in [2.75, 3.05) is 13.2 Å². The van der Waals surface area contributed by atoms with Crippen LogP contribution in [0.15, 0.2) is 0 Å². The summed E-state index contributed by atoms with van der Waals surface area (Å²) in [5.74, 6) is 0. The molecule has 1 saturated heterocycles. The molecule has 14 heavy (non-hydrogen) atoms. The summed E-state index contributed by atoms with van der Waals surface area (Å²) in [5.41, 5.74) is 0. The van der Waals surface area contributed by atoms with Gasteiger partial charge in [0.2, 0.25) is 0 Å². The molecule has 1 aliphatic heterocycles. The van der Waals surface area contributed by atoms with E-state index in [1.54, 1.807) is 6.92 Å². The number of alkyl halides is 1. The fraction of sp³-hybridized carbons (Fsp3) is 1.00. The summed E-state index contributed by atoms with van der Waals surface area (Å²) >= 11 is 0. The summed E-state index contributed by atoms with van der Waals surface area (Å²) in [4.78, 5) is 0. The van der Waals surface area contributed by atoms with Gasteiger partial charge in [-0.2, -0.15) is 0 Å². The van der Waals surface area contributed by atoms with E-state index in [0.29, 0.717) is 0 Å². The molecular formula is C8H15FO5. The van der Waals surface area contributed by atoms with E-state index in [9.17, 15) is 14.6 Å². The van der Waals surface area contributed by atoms with Crippen LogP contribution in [0.2, 0.25) is 0 Å². The van der Waals surface area contributed by atoms with E-state index in [4.69, 9.17) is 14.6 Å². The largest absolute Gasteiger partial charge is 0.394 e. The zero-order valence-electron chi connectivity index (χ0n) is 7.84. The Morgan fingerprint density at radius 1 is 1.36 bits per heavy atom. The predicted octanol–water partition coefficient (Wildman–Crippen LogP) is -1.20. The van der Waals surface area contributed by atoms with Gasteiger partial charge in [0, 0.05) is 6.61 Å². The molecule has 3 N–H and O–H groups in total. The number of aliphatic hydroxyl groups excluding tert-OH is 3. The maximum absolute atomic E-state index is 13.2. The van der Waals surface area contributed by atoms with E-state index in [1.807, 2.05) is 0 Å². The van der Waals surface area contributed by atoms with Crippen molar-refractivity contribution in [2.24, 2.45) is 0 Å². The van der Waals surface area contributed by atoms with E-state index >= 15 is 0 Å². The molecule has 0 spiro atoms. The van der Waals surface area contributed by atoms with Crippen molar-refractivity contribution in [1.29, 1.82) is 0 Å². The molecule has 0 aromatic heterocycles. The van der Waals surface area contributed by atoms with Gasteiger partial charge >= 0.3 is 0 Å². The lowest BCUT2D eigenvalue weighted by Gasteiger charge is -2.38. The minimum absolute atomic E-state index is 0.253. The van der Waals surface area contributed by atoms with E-state index in [1.165, 1.54) is 0 Å². The summed E-state index contributed by atoms with van der Waals surface area (Å²) in [6, 6.07) is 0. The Morgan fingerprint density at radius 2 is 2.00 bits per heavy atom. The average molecular weight is 209 g/mol. The highest BCUT2D eigenvalue weighted by Gasteiger charge is 2.45. The molecule has 1 rings (SSSR count). The topological polar surface area (TPSA) is 79.2 Å². The molecule has 1 heterocycles. The molecular weight excluding hydrogens is 194 g/mol. The Morgan fingerprint density at radius 3 is 2.50 bits per heavy atom. The van der Waals surface area contributed by atoms with Gasteiger partial charge in [-0.3, -0.25) is 0 Å². The van der Waals surface area contributed by atoms with Crippen molar-refractivity contribution >= 4 is 0 Å². The SMILES string of the molecule is CCOC1O[C@H](CO)[C@@H](O)[C@H]([18F])[C@H]1O. The highest BCUT2D eigenvalue weighted by molar-refractivity contribution is 4.89. The molecule has 6 heteroatoms. The fourth-order valence-electron chi connectivity index (χ4n) is 1.34. The first kappa shape index (κ1) is 11.8. The van der Waals surface area contributed by atoms with E-state index in [0.717, 1.165) is 0 Å². The van der Waals surface area contributed by atoms with Gasteiger partial charge in [-0.15, -0.1) is 0 Å². The second-order valence-corrected chi connectivity index (χ2v) is 3.11. The van der Waals surface area contributed by atoms with Crippen LogP contribution in [0.25, 0.3) is 0 Å². The lowest BCUT2D eigenvalue weighted by Crippen LogP contribution is -2.57. The van der Waals surface area contributed by atoms with Crippen LogP contribution in [0.1, 0.15) is 6.92 Å². The van der Waals surface area contributed by atoms with E-state index in [2.05, 4.69) is 0 Å². The fourth-order valence-corrected chi connectivity index (χ4v) is 1.34. The molecule has 1 aliphatic rings. The zero-order valence-corrected chi connectivity index (χ0v) is 7.84. The number of halogens is 1. The van der Waals surface area contributed by atoms with Crippen LogP contribution in [0.3, 0.4) is 0 Å². The van der Waals surface area contributed by atoms with Crippen LogP contribution in [-0.4, -0.2) is 59.3 Å². The molecule has 0 amide bonds. The van der Waals surface area contributed by atoms with Crippen molar-refractivity contribution < 1.29 is 29.2 Å². The summed E-state index contributed by atoms with van der Waals surface area (Å²) in [6.07, 6.45) is -7.09. The lowest BCUT2D eigenvalue weighted by molar-refractivity contribution is -0.289. The van der Waals surface area contributed by atoms with Crippen LogP contribution in [-0.2, 0) is 9.47 Å². The first-order chi connectivity index (χ1) is 6.61. The van der Waals surface area contributed by atoms with Crippen molar-refractivity contribution in [3.63, 3.8) is 0 Å². The van der Waals surface area contributed by atoms with Crippen molar-refractivity contribution in [2.45, 2.75) is 37.7 Å². The Bertz CT molecular complexity index is 175. The third-order valence-electron chi connectivity index (χ3n) is 2.13. The number of rotatable bonds is 3. The van der Waals surface area contributed by atoms with Crippen LogP contribution in [0, 0.1) is 0 Å². The molecule has 0 aromatic carbocycles. The molecule has 5 nitrogen and oxygen atoms in total. The van der Waals surface area contributed by atoms with Crippen molar-refractivity contribution in [3.8, 4) is 0 Å². The molecule has 0 bridgehead atoms. The highest BCUT2D eigenvalue weighted by atomic mass is 18.2. The summed E-state index contributed by atoms with van der Waals surface area (Å²) in [5, 5.41) is 27.3. The predicted molar refractivity (Wildman–Crippen MR) is 44.3 cm³/mol. The molecule has 1 fully saturated rings. The first-order valence-electron chi connectivity index (χ1n) is 4.50. The zero-order chi connectivity index (χ0) is 10.7. The first-order valence-corrected chi connectivity index (χ1v) is 4.50. The highest BCUT2D eigenvalue weighted by Crippen LogP contribution is 2.23. The Hall–Kier alpha value is -0.270. The normalized spacial score (nSPS) is 43.9. The standard InChI is InChI=1S/C8H15FO5/c1-2-13-8-7(12)5(9)6(11)4(3-10)14-8/h4-8,10-12H,2-3H2,1H3/t4-,5+,6-,7-,8?/m1/s1/i9-1. The van der Waals surface area contributed by atoms with Gasteiger partial charge in [-0.05, 0) is 6.92 Å². The second kappa shape index (κ2) is 4.99. The molecule has 1 unspecified atom stereocenters. The number of aliphatic hydroxyl groups is 3. The maximum Gasteiger partial charge on any atom is 0.186 e. The van der Waals surface area contributed by atoms with Gasteiger partial charge in [-0.25, -0.2) is 4.39 Å². The van der Waals surface area contributed by atoms with Gasteiger partial charge < -0.3 is 24.8 Å². The quantitative estimate of drug-likeness (QED) is 0.544. The molecule has 0 radical (unpaired) electrons. The molecule has 0 aliphatic carbocycles. The smallest absolute Gasteiger partial charge is 0.186 e. The summed E-state index contributed by atoms with van der Waals surface area (Å²) in [6.45, 7) is 1.41.